The molecule has 0 spiro atoms. The SMILES string of the molecule is COC1CNC(C(=O)NCC(C)(O)CN(C)C)C1. The van der Waals surface area contributed by atoms with Crippen LogP contribution in [-0.2, 0) is 9.53 Å². The summed E-state index contributed by atoms with van der Waals surface area (Å²) in [6.45, 7) is 3.17. The van der Waals surface area contributed by atoms with Crippen LogP contribution >= 0.6 is 0 Å². The standard InChI is InChI=1S/C12H25N3O3/c1-12(17,8-15(2)3)7-14-11(16)10-5-9(18-4)6-13-10/h9-10,13,17H,5-8H2,1-4H3,(H,14,16). The molecule has 1 amide bonds. The molecule has 18 heavy (non-hydrogen) atoms. The van der Waals surface area contributed by atoms with E-state index in [0.29, 0.717) is 19.5 Å². The molecule has 3 unspecified atom stereocenters. The average molecular weight is 259 g/mol. The lowest BCUT2D eigenvalue weighted by molar-refractivity contribution is -0.124. The molecule has 1 heterocycles. The summed E-state index contributed by atoms with van der Waals surface area (Å²) < 4.78 is 5.19. The highest BCUT2D eigenvalue weighted by Gasteiger charge is 2.30. The molecule has 1 rings (SSSR count). The summed E-state index contributed by atoms with van der Waals surface area (Å²) in [5.74, 6) is -0.0754. The molecule has 1 fully saturated rings. The van der Waals surface area contributed by atoms with Crippen molar-refractivity contribution < 1.29 is 14.6 Å². The van der Waals surface area contributed by atoms with Crippen LogP contribution in [0.15, 0.2) is 0 Å². The maximum atomic E-state index is 11.9. The van der Waals surface area contributed by atoms with Crippen LogP contribution in [0.4, 0.5) is 0 Å². The molecule has 1 aliphatic heterocycles. The Morgan fingerprint density at radius 2 is 2.28 bits per heavy atom. The van der Waals surface area contributed by atoms with E-state index in [1.807, 2.05) is 19.0 Å². The highest BCUT2D eigenvalue weighted by atomic mass is 16.5. The molecule has 3 N–H and O–H groups in total. The van der Waals surface area contributed by atoms with Crippen molar-refractivity contribution in [1.82, 2.24) is 15.5 Å². The number of likely N-dealkylation sites (N-methyl/N-ethyl adjacent to an activating group) is 1. The molecule has 0 aromatic carbocycles. The lowest BCUT2D eigenvalue weighted by atomic mass is 10.1. The number of hydrogen-bond acceptors (Lipinski definition) is 5. The Balaban J connectivity index is 2.33. The van der Waals surface area contributed by atoms with Gasteiger partial charge in [-0.2, -0.15) is 0 Å². The van der Waals surface area contributed by atoms with Crippen molar-refractivity contribution in [2.75, 3.05) is 40.8 Å². The zero-order chi connectivity index (χ0) is 13.8. The van der Waals surface area contributed by atoms with Crippen molar-refractivity contribution in [3.63, 3.8) is 0 Å². The number of ether oxygens (including phenoxy) is 1. The zero-order valence-electron chi connectivity index (χ0n) is 11.7. The molecule has 6 heteroatoms. The van der Waals surface area contributed by atoms with E-state index in [4.69, 9.17) is 4.74 Å². The van der Waals surface area contributed by atoms with Crippen LogP contribution in [0, 0.1) is 0 Å². The third kappa shape index (κ3) is 4.89. The number of carbonyl (C=O) groups is 1. The third-order valence-electron chi connectivity index (χ3n) is 3.04. The highest BCUT2D eigenvalue weighted by molar-refractivity contribution is 5.82. The van der Waals surface area contributed by atoms with Gasteiger partial charge in [-0.15, -0.1) is 0 Å². The van der Waals surface area contributed by atoms with E-state index < -0.39 is 5.60 Å². The number of rotatable bonds is 6. The van der Waals surface area contributed by atoms with Crippen molar-refractivity contribution in [3.05, 3.63) is 0 Å². The third-order valence-corrected chi connectivity index (χ3v) is 3.04. The Morgan fingerprint density at radius 1 is 1.61 bits per heavy atom. The number of carbonyl (C=O) groups excluding carboxylic acids is 1. The summed E-state index contributed by atoms with van der Waals surface area (Å²) in [5, 5.41) is 16.0. The highest BCUT2D eigenvalue weighted by Crippen LogP contribution is 2.10. The number of aliphatic hydroxyl groups is 1. The largest absolute Gasteiger partial charge is 0.387 e. The van der Waals surface area contributed by atoms with E-state index in [-0.39, 0.29) is 24.6 Å². The second kappa shape index (κ2) is 6.47. The molecule has 3 atom stereocenters. The minimum Gasteiger partial charge on any atom is -0.387 e. The van der Waals surface area contributed by atoms with Crippen LogP contribution in [0.25, 0.3) is 0 Å². The summed E-state index contributed by atoms with van der Waals surface area (Å²) in [4.78, 5) is 13.8. The molecule has 0 aromatic rings. The van der Waals surface area contributed by atoms with E-state index in [1.165, 1.54) is 0 Å². The summed E-state index contributed by atoms with van der Waals surface area (Å²) >= 11 is 0. The Hall–Kier alpha value is -0.690. The van der Waals surface area contributed by atoms with E-state index in [2.05, 4.69) is 10.6 Å². The van der Waals surface area contributed by atoms with E-state index in [1.54, 1.807) is 14.0 Å². The lowest BCUT2D eigenvalue weighted by Gasteiger charge is -2.27. The Labute approximate surface area is 109 Å². The fraction of sp³-hybridized carbons (Fsp3) is 0.917. The van der Waals surface area contributed by atoms with E-state index in [9.17, 15) is 9.90 Å². The zero-order valence-corrected chi connectivity index (χ0v) is 11.7. The molecule has 0 aromatic heterocycles. The van der Waals surface area contributed by atoms with E-state index >= 15 is 0 Å². The van der Waals surface area contributed by atoms with Gasteiger partial charge in [0.1, 0.15) is 0 Å². The molecule has 0 bridgehead atoms. The molecule has 6 nitrogen and oxygen atoms in total. The lowest BCUT2D eigenvalue weighted by Crippen LogP contribution is -2.50. The summed E-state index contributed by atoms with van der Waals surface area (Å²) in [5.41, 5.74) is -0.918. The Kier molecular flexibility index (Phi) is 5.52. The van der Waals surface area contributed by atoms with Crippen molar-refractivity contribution in [2.45, 2.75) is 31.1 Å². The van der Waals surface area contributed by atoms with Gasteiger partial charge < -0.3 is 25.4 Å². The average Bonchev–Trinajstić information content (AvgIpc) is 2.72. The minimum absolute atomic E-state index is 0.0754. The van der Waals surface area contributed by atoms with Gasteiger partial charge in [-0.05, 0) is 27.4 Å². The fourth-order valence-corrected chi connectivity index (χ4v) is 2.22. The summed E-state index contributed by atoms with van der Waals surface area (Å²) in [6.07, 6.45) is 0.779. The maximum absolute atomic E-state index is 11.9. The first-order valence-electron chi connectivity index (χ1n) is 6.25. The van der Waals surface area contributed by atoms with Crippen molar-refractivity contribution in [3.8, 4) is 0 Å². The first kappa shape index (κ1) is 15.4. The molecule has 1 saturated heterocycles. The fourth-order valence-electron chi connectivity index (χ4n) is 2.22. The van der Waals surface area contributed by atoms with Gasteiger partial charge in [0, 0.05) is 26.7 Å². The summed E-state index contributed by atoms with van der Waals surface area (Å²) in [7, 11) is 5.42. The predicted octanol–water partition coefficient (Wildman–Crippen LogP) is -1.21. The normalized spacial score (nSPS) is 27.2. The van der Waals surface area contributed by atoms with Crippen molar-refractivity contribution in [2.24, 2.45) is 0 Å². The first-order valence-corrected chi connectivity index (χ1v) is 6.25. The second-order valence-electron chi connectivity index (χ2n) is 5.51. The quantitative estimate of drug-likeness (QED) is 0.558. The Morgan fingerprint density at radius 3 is 2.78 bits per heavy atom. The van der Waals surface area contributed by atoms with Crippen LogP contribution in [0.2, 0.25) is 0 Å². The van der Waals surface area contributed by atoms with Gasteiger partial charge in [0.2, 0.25) is 5.91 Å². The predicted molar refractivity (Wildman–Crippen MR) is 69.4 cm³/mol. The molecule has 0 aliphatic carbocycles. The summed E-state index contributed by atoms with van der Waals surface area (Å²) in [6, 6.07) is -0.217. The monoisotopic (exact) mass is 259 g/mol. The van der Waals surface area contributed by atoms with Crippen LogP contribution in [-0.4, -0.2) is 74.5 Å². The molecular formula is C12H25N3O3. The maximum Gasteiger partial charge on any atom is 0.237 e. The smallest absolute Gasteiger partial charge is 0.237 e. The Bertz CT molecular complexity index is 282. The number of nitrogens with one attached hydrogen (secondary N) is 2. The van der Waals surface area contributed by atoms with Crippen molar-refractivity contribution in [1.29, 1.82) is 0 Å². The molecule has 0 radical (unpaired) electrons. The van der Waals surface area contributed by atoms with Gasteiger partial charge in [-0.3, -0.25) is 4.79 Å². The van der Waals surface area contributed by atoms with Gasteiger partial charge in [-0.1, -0.05) is 0 Å². The van der Waals surface area contributed by atoms with E-state index in [0.717, 1.165) is 0 Å². The molecule has 106 valence electrons. The van der Waals surface area contributed by atoms with Crippen LogP contribution in [0.1, 0.15) is 13.3 Å². The second-order valence-corrected chi connectivity index (χ2v) is 5.51. The number of nitrogens with zero attached hydrogens (tertiary/aromatic N) is 1. The van der Waals surface area contributed by atoms with Crippen LogP contribution in [0.5, 0.6) is 0 Å². The molecular weight excluding hydrogens is 234 g/mol. The van der Waals surface area contributed by atoms with Gasteiger partial charge in [0.15, 0.2) is 0 Å². The minimum atomic E-state index is -0.918. The van der Waals surface area contributed by atoms with Gasteiger partial charge in [0.25, 0.3) is 0 Å². The molecule has 1 aliphatic rings. The van der Waals surface area contributed by atoms with Crippen LogP contribution in [0.3, 0.4) is 0 Å². The van der Waals surface area contributed by atoms with Crippen LogP contribution < -0.4 is 10.6 Å². The number of hydrogen-bond donors (Lipinski definition) is 3. The van der Waals surface area contributed by atoms with Gasteiger partial charge in [0.05, 0.1) is 17.7 Å². The number of methoxy groups -OCH3 is 1. The topological polar surface area (TPSA) is 73.8 Å². The first-order chi connectivity index (χ1) is 8.34. The molecule has 0 saturated carbocycles. The van der Waals surface area contributed by atoms with Gasteiger partial charge >= 0.3 is 0 Å². The number of amides is 1. The van der Waals surface area contributed by atoms with Crippen molar-refractivity contribution >= 4 is 5.91 Å². The van der Waals surface area contributed by atoms with Gasteiger partial charge in [-0.25, -0.2) is 0 Å².